The lowest BCUT2D eigenvalue weighted by atomic mass is 10.2. The molecular weight excluding hydrogens is 120 g/mol. The Morgan fingerprint density at radius 1 is 1.10 bits per heavy atom. The quantitative estimate of drug-likeness (QED) is 0.388. The van der Waals surface area contributed by atoms with Crippen molar-refractivity contribution in [3.63, 3.8) is 0 Å². The van der Waals surface area contributed by atoms with E-state index in [0.717, 1.165) is 0 Å². The highest BCUT2D eigenvalue weighted by Crippen LogP contribution is 2.00. The van der Waals surface area contributed by atoms with Crippen molar-refractivity contribution >= 4 is 0 Å². The maximum absolute atomic E-state index is 3.68. The minimum atomic E-state index is 1.17. The summed E-state index contributed by atoms with van der Waals surface area (Å²) in [4.78, 5) is 0. The summed E-state index contributed by atoms with van der Waals surface area (Å²) in [6.45, 7) is 5.84. The van der Waals surface area contributed by atoms with Gasteiger partial charge in [0, 0.05) is 0 Å². The third-order valence-electron chi connectivity index (χ3n) is 1.43. The highest BCUT2D eigenvalue weighted by molar-refractivity contribution is 4.80. The van der Waals surface area contributed by atoms with Gasteiger partial charge in [-0.3, -0.25) is 0 Å². The Morgan fingerprint density at radius 3 is 2.40 bits per heavy atom. The van der Waals surface area contributed by atoms with Crippen LogP contribution in [-0.2, 0) is 0 Å². The summed E-state index contributed by atoms with van der Waals surface area (Å²) < 4.78 is 0. The monoisotopic (exact) mass is 138 g/mol. The molecule has 0 heterocycles. The molecule has 0 saturated heterocycles. The summed E-state index contributed by atoms with van der Waals surface area (Å²) in [6, 6.07) is 0. The molecule has 0 fully saturated rings. The Bertz CT molecular complexity index is 90.2. The molecule has 58 valence electrons. The van der Waals surface area contributed by atoms with Crippen LogP contribution < -0.4 is 0 Å². The first-order valence-electron chi connectivity index (χ1n) is 4.17. The van der Waals surface area contributed by atoms with Crippen molar-refractivity contribution in [1.29, 1.82) is 0 Å². The summed E-state index contributed by atoms with van der Waals surface area (Å²) in [6.07, 6.45) is 12.7. The van der Waals surface area contributed by atoms with E-state index in [1.807, 2.05) is 6.08 Å². The van der Waals surface area contributed by atoms with Crippen molar-refractivity contribution < 1.29 is 0 Å². The van der Waals surface area contributed by atoms with E-state index in [4.69, 9.17) is 0 Å². The molecule has 0 aliphatic heterocycles. The molecule has 10 heavy (non-hydrogen) atoms. The van der Waals surface area contributed by atoms with Crippen LogP contribution in [-0.4, -0.2) is 0 Å². The normalized spacial score (nSPS) is 10.5. The second-order valence-corrected chi connectivity index (χ2v) is 2.45. The summed E-state index contributed by atoms with van der Waals surface area (Å²) in [5, 5.41) is 0. The van der Waals surface area contributed by atoms with E-state index in [2.05, 4.69) is 25.7 Å². The molecule has 0 atom stereocenters. The number of rotatable bonds is 6. The van der Waals surface area contributed by atoms with Gasteiger partial charge in [-0.25, -0.2) is 0 Å². The third-order valence-corrected chi connectivity index (χ3v) is 1.43. The smallest absolute Gasteiger partial charge is 0.0351 e. The molecule has 0 aromatic carbocycles. The zero-order chi connectivity index (χ0) is 7.66. The molecule has 0 aliphatic carbocycles. The molecule has 0 nitrogen and oxygen atoms in total. The Hall–Kier alpha value is -0.520. The van der Waals surface area contributed by atoms with Crippen LogP contribution >= 0.6 is 0 Å². The molecule has 0 rings (SSSR count). The topological polar surface area (TPSA) is 0 Å². The van der Waals surface area contributed by atoms with E-state index in [0.29, 0.717) is 0 Å². The summed E-state index contributed by atoms with van der Waals surface area (Å²) in [5.41, 5.74) is 0. The fourth-order valence-corrected chi connectivity index (χ4v) is 0.835. The van der Waals surface area contributed by atoms with E-state index in [1.165, 1.54) is 32.1 Å². The predicted molar refractivity (Wildman–Crippen MR) is 48.1 cm³/mol. The molecule has 0 heteroatoms. The van der Waals surface area contributed by atoms with Crippen LogP contribution in [0.25, 0.3) is 0 Å². The fraction of sp³-hybridized carbons (Fsp3) is 0.600. The second kappa shape index (κ2) is 8.48. The molecule has 0 saturated carbocycles. The van der Waals surface area contributed by atoms with E-state index < -0.39 is 0 Å². The number of hydrogen-bond acceptors (Lipinski definition) is 0. The van der Waals surface area contributed by atoms with Crippen molar-refractivity contribution in [1.82, 2.24) is 0 Å². The minimum Gasteiger partial charge on any atom is -0.103 e. The van der Waals surface area contributed by atoms with Gasteiger partial charge >= 0.3 is 0 Å². The lowest BCUT2D eigenvalue weighted by molar-refractivity contribution is 0.761. The highest BCUT2D eigenvalue weighted by Gasteiger charge is 1.80. The molecular formula is C10H18. The van der Waals surface area contributed by atoms with E-state index >= 15 is 0 Å². The Labute approximate surface area is 64.6 Å². The first-order chi connectivity index (χ1) is 4.91. The summed E-state index contributed by atoms with van der Waals surface area (Å²) >= 11 is 0. The van der Waals surface area contributed by atoms with Gasteiger partial charge in [0.1, 0.15) is 0 Å². The van der Waals surface area contributed by atoms with Crippen molar-refractivity contribution in [2.45, 2.75) is 39.0 Å². The van der Waals surface area contributed by atoms with Crippen molar-refractivity contribution in [3.8, 4) is 0 Å². The minimum absolute atomic E-state index is 1.17. The SMILES string of the molecule is C=CCCCC/C=C/CC. The van der Waals surface area contributed by atoms with E-state index in [-0.39, 0.29) is 0 Å². The number of hydrogen-bond donors (Lipinski definition) is 0. The van der Waals surface area contributed by atoms with Crippen molar-refractivity contribution in [3.05, 3.63) is 24.8 Å². The van der Waals surface area contributed by atoms with E-state index in [9.17, 15) is 0 Å². The van der Waals surface area contributed by atoms with Crippen molar-refractivity contribution in [2.75, 3.05) is 0 Å². The number of unbranched alkanes of at least 4 members (excludes halogenated alkanes) is 3. The van der Waals surface area contributed by atoms with Gasteiger partial charge < -0.3 is 0 Å². The largest absolute Gasteiger partial charge is 0.103 e. The highest BCUT2D eigenvalue weighted by atomic mass is 13.9. The first kappa shape index (κ1) is 9.48. The van der Waals surface area contributed by atoms with Gasteiger partial charge in [0.15, 0.2) is 0 Å². The second-order valence-electron chi connectivity index (χ2n) is 2.45. The predicted octanol–water partition coefficient (Wildman–Crippen LogP) is 3.70. The van der Waals surface area contributed by atoms with Crippen LogP contribution in [0.1, 0.15) is 39.0 Å². The molecule has 0 spiro atoms. The third kappa shape index (κ3) is 7.48. The maximum Gasteiger partial charge on any atom is -0.0351 e. The average molecular weight is 138 g/mol. The number of allylic oxidation sites excluding steroid dienone is 3. The van der Waals surface area contributed by atoms with Gasteiger partial charge in [-0.2, -0.15) is 0 Å². The van der Waals surface area contributed by atoms with Crippen LogP contribution in [0.4, 0.5) is 0 Å². The summed E-state index contributed by atoms with van der Waals surface area (Å²) in [5.74, 6) is 0. The Kier molecular flexibility index (Phi) is 8.04. The standard InChI is InChI=1S/C10H18/c1-3-5-7-9-10-8-6-4-2/h3,6,8H,1,4-5,7,9-10H2,2H3/b8-6+. The molecule has 0 bridgehead atoms. The van der Waals surface area contributed by atoms with Gasteiger partial charge in [-0.15, -0.1) is 6.58 Å². The molecule has 0 aromatic heterocycles. The molecule has 0 aliphatic rings. The lowest BCUT2D eigenvalue weighted by Crippen LogP contribution is -1.70. The van der Waals surface area contributed by atoms with E-state index in [1.54, 1.807) is 0 Å². The molecule has 0 amide bonds. The molecule has 0 unspecified atom stereocenters. The van der Waals surface area contributed by atoms with Gasteiger partial charge in [0.25, 0.3) is 0 Å². The Morgan fingerprint density at radius 2 is 1.80 bits per heavy atom. The van der Waals surface area contributed by atoms with Crippen molar-refractivity contribution in [2.24, 2.45) is 0 Å². The Balaban J connectivity index is 2.89. The maximum atomic E-state index is 3.68. The van der Waals surface area contributed by atoms with Gasteiger partial charge in [0.05, 0.1) is 0 Å². The average Bonchev–Trinajstić information content (AvgIpc) is 1.97. The van der Waals surface area contributed by atoms with Crippen LogP contribution in [0.2, 0.25) is 0 Å². The zero-order valence-corrected chi connectivity index (χ0v) is 6.97. The molecule has 0 N–H and O–H groups in total. The lowest BCUT2D eigenvalue weighted by Gasteiger charge is -1.90. The fourth-order valence-electron chi connectivity index (χ4n) is 0.835. The zero-order valence-electron chi connectivity index (χ0n) is 6.97. The van der Waals surface area contributed by atoms with Gasteiger partial charge in [-0.1, -0.05) is 25.2 Å². The molecule has 0 radical (unpaired) electrons. The van der Waals surface area contributed by atoms with Gasteiger partial charge in [-0.05, 0) is 32.1 Å². The molecule has 0 aromatic rings. The van der Waals surface area contributed by atoms with Crippen LogP contribution in [0, 0.1) is 0 Å². The van der Waals surface area contributed by atoms with Crippen LogP contribution in [0.15, 0.2) is 24.8 Å². The van der Waals surface area contributed by atoms with Crippen LogP contribution in [0.5, 0.6) is 0 Å². The summed E-state index contributed by atoms with van der Waals surface area (Å²) in [7, 11) is 0. The van der Waals surface area contributed by atoms with Gasteiger partial charge in [0.2, 0.25) is 0 Å². The van der Waals surface area contributed by atoms with Crippen LogP contribution in [0.3, 0.4) is 0 Å². The first-order valence-corrected chi connectivity index (χ1v) is 4.17.